The van der Waals surface area contributed by atoms with Gasteiger partial charge in [-0.05, 0) is 13.3 Å². The molecule has 1 unspecified atom stereocenters. The maximum atomic E-state index is 10.1. The zero-order valence-corrected chi connectivity index (χ0v) is 12.3. The lowest BCUT2D eigenvalue weighted by atomic mass is 9.98. The van der Waals surface area contributed by atoms with E-state index in [1.807, 2.05) is 0 Å². The molecule has 108 valence electrons. The molecule has 0 aromatic heterocycles. The second-order valence-electron chi connectivity index (χ2n) is 4.59. The van der Waals surface area contributed by atoms with Crippen molar-refractivity contribution in [2.45, 2.75) is 45.6 Å². The van der Waals surface area contributed by atoms with Crippen molar-refractivity contribution in [1.29, 1.82) is 0 Å². The van der Waals surface area contributed by atoms with Gasteiger partial charge in [0.2, 0.25) is 0 Å². The Morgan fingerprint density at radius 3 is 2.37 bits per heavy atom. The van der Waals surface area contributed by atoms with Gasteiger partial charge in [-0.3, -0.25) is 0 Å². The smallest absolute Gasteiger partial charge is 0.147 e. The van der Waals surface area contributed by atoms with Crippen LogP contribution in [0, 0.1) is 6.92 Å². The number of aliphatic hydroxyl groups excluding tert-OH is 1. The third-order valence-electron chi connectivity index (χ3n) is 3.23. The van der Waals surface area contributed by atoms with Crippen molar-refractivity contribution in [2.24, 2.45) is 0 Å². The number of phenols is 2. The van der Waals surface area contributed by atoms with E-state index in [0.717, 1.165) is 19.3 Å². The van der Waals surface area contributed by atoms with E-state index in [4.69, 9.17) is 16.3 Å². The number of ether oxygens (including phenoxy) is 1. The molecule has 0 aliphatic rings. The van der Waals surface area contributed by atoms with Crippen LogP contribution in [0.5, 0.6) is 17.2 Å². The first-order valence-corrected chi connectivity index (χ1v) is 6.79. The summed E-state index contributed by atoms with van der Waals surface area (Å²) in [5.74, 6) is -0.255. The van der Waals surface area contributed by atoms with Crippen molar-refractivity contribution in [3.63, 3.8) is 0 Å². The molecule has 5 heteroatoms. The van der Waals surface area contributed by atoms with E-state index in [0.29, 0.717) is 12.0 Å². The molecule has 0 aliphatic heterocycles. The van der Waals surface area contributed by atoms with Gasteiger partial charge in [-0.25, -0.2) is 0 Å². The van der Waals surface area contributed by atoms with Crippen molar-refractivity contribution in [3.05, 3.63) is 16.1 Å². The largest absolute Gasteiger partial charge is 0.507 e. The summed E-state index contributed by atoms with van der Waals surface area (Å²) in [6, 6.07) is 0. The van der Waals surface area contributed by atoms with Crippen LogP contribution in [0.25, 0.3) is 0 Å². The fourth-order valence-corrected chi connectivity index (χ4v) is 2.42. The highest BCUT2D eigenvalue weighted by Crippen LogP contribution is 2.48. The lowest BCUT2D eigenvalue weighted by Gasteiger charge is -2.19. The summed E-state index contributed by atoms with van der Waals surface area (Å²) in [5.41, 5.74) is 0.495. The lowest BCUT2D eigenvalue weighted by Crippen LogP contribution is -2.02. The van der Waals surface area contributed by atoms with Crippen molar-refractivity contribution in [1.82, 2.24) is 0 Å². The van der Waals surface area contributed by atoms with Crippen LogP contribution in [0.4, 0.5) is 0 Å². The van der Waals surface area contributed by atoms with Crippen LogP contribution in [-0.2, 0) is 0 Å². The number of benzene rings is 1. The molecule has 19 heavy (non-hydrogen) atoms. The number of aromatic hydroxyl groups is 2. The molecule has 0 fully saturated rings. The molecule has 1 rings (SSSR count). The van der Waals surface area contributed by atoms with Crippen molar-refractivity contribution < 1.29 is 20.1 Å². The SMILES string of the molecule is CCCCCC(O)c1c(O)c(C)c(OC)c(Cl)c1O. The second-order valence-corrected chi connectivity index (χ2v) is 4.97. The Kier molecular flexibility index (Phi) is 5.76. The fraction of sp³-hybridized carbons (Fsp3) is 0.571. The number of methoxy groups -OCH3 is 1. The Labute approximate surface area is 118 Å². The molecule has 1 atom stereocenters. The zero-order valence-electron chi connectivity index (χ0n) is 11.5. The Balaban J connectivity index is 3.14. The maximum absolute atomic E-state index is 10.1. The topological polar surface area (TPSA) is 69.9 Å². The van der Waals surface area contributed by atoms with Crippen molar-refractivity contribution >= 4 is 11.6 Å². The maximum Gasteiger partial charge on any atom is 0.147 e. The summed E-state index contributed by atoms with van der Waals surface area (Å²) in [7, 11) is 1.41. The molecule has 0 spiro atoms. The van der Waals surface area contributed by atoms with Gasteiger partial charge >= 0.3 is 0 Å². The Morgan fingerprint density at radius 2 is 1.84 bits per heavy atom. The number of hydrogen-bond donors (Lipinski definition) is 3. The number of halogens is 1. The first kappa shape index (κ1) is 15.9. The molecule has 0 saturated heterocycles. The van der Waals surface area contributed by atoms with Gasteiger partial charge in [0, 0.05) is 5.56 Å². The molecular weight excluding hydrogens is 268 g/mol. The minimum atomic E-state index is -0.936. The van der Waals surface area contributed by atoms with E-state index in [-0.39, 0.29) is 27.8 Å². The van der Waals surface area contributed by atoms with Gasteiger partial charge in [0.05, 0.1) is 18.8 Å². The number of phenolic OH excluding ortho intramolecular Hbond substituents is 2. The average molecular weight is 289 g/mol. The summed E-state index contributed by atoms with van der Waals surface area (Å²) in [5, 5.41) is 30.2. The van der Waals surface area contributed by atoms with E-state index < -0.39 is 6.10 Å². The van der Waals surface area contributed by atoms with E-state index in [2.05, 4.69) is 6.92 Å². The minimum absolute atomic E-state index is 0.0161. The molecule has 1 aromatic carbocycles. The van der Waals surface area contributed by atoms with Crippen LogP contribution < -0.4 is 4.74 Å². The molecule has 0 bridgehead atoms. The van der Waals surface area contributed by atoms with E-state index in [1.165, 1.54) is 7.11 Å². The monoisotopic (exact) mass is 288 g/mol. The van der Waals surface area contributed by atoms with Crippen LogP contribution in [0.1, 0.15) is 49.8 Å². The minimum Gasteiger partial charge on any atom is -0.507 e. The average Bonchev–Trinajstić information content (AvgIpc) is 2.38. The molecule has 3 N–H and O–H groups in total. The first-order chi connectivity index (χ1) is 8.95. The molecule has 1 aromatic rings. The van der Waals surface area contributed by atoms with Crippen LogP contribution >= 0.6 is 11.6 Å². The molecule has 0 heterocycles. The molecule has 0 aliphatic carbocycles. The van der Waals surface area contributed by atoms with Gasteiger partial charge in [0.1, 0.15) is 22.3 Å². The van der Waals surface area contributed by atoms with Gasteiger partial charge < -0.3 is 20.1 Å². The summed E-state index contributed by atoms with van der Waals surface area (Å²) < 4.78 is 5.04. The normalized spacial score (nSPS) is 12.5. The Morgan fingerprint density at radius 1 is 1.21 bits per heavy atom. The van der Waals surface area contributed by atoms with Gasteiger partial charge in [-0.2, -0.15) is 0 Å². The molecular formula is C14H21ClO4. The van der Waals surface area contributed by atoms with Gasteiger partial charge in [0.25, 0.3) is 0 Å². The van der Waals surface area contributed by atoms with E-state index in [1.54, 1.807) is 6.92 Å². The molecule has 0 amide bonds. The third kappa shape index (κ3) is 3.25. The predicted molar refractivity (Wildman–Crippen MR) is 75.2 cm³/mol. The molecule has 0 radical (unpaired) electrons. The highest BCUT2D eigenvalue weighted by Gasteiger charge is 2.25. The van der Waals surface area contributed by atoms with E-state index in [9.17, 15) is 15.3 Å². The van der Waals surface area contributed by atoms with Crippen LogP contribution in [0.2, 0.25) is 5.02 Å². The number of rotatable bonds is 6. The number of hydrogen-bond acceptors (Lipinski definition) is 4. The highest BCUT2D eigenvalue weighted by atomic mass is 35.5. The standard InChI is InChI=1S/C14H21ClO4/c1-4-5-6-7-9(16)10-12(17)8(2)14(19-3)11(15)13(10)18/h9,16-18H,4-7H2,1-3H3. The van der Waals surface area contributed by atoms with E-state index >= 15 is 0 Å². The lowest BCUT2D eigenvalue weighted by molar-refractivity contribution is 0.156. The summed E-state index contributed by atoms with van der Waals surface area (Å²) in [6.07, 6.45) is 2.37. The Hall–Kier alpha value is -1.13. The first-order valence-electron chi connectivity index (χ1n) is 6.41. The van der Waals surface area contributed by atoms with Gasteiger partial charge in [0.15, 0.2) is 0 Å². The van der Waals surface area contributed by atoms with Gasteiger partial charge in [-0.15, -0.1) is 0 Å². The zero-order chi connectivity index (χ0) is 14.6. The second kappa shape index (κ2) is 6.87. The van der Waals surface area contributed by atoms with Crippen molar-refractivity contribution in [2.75, 3.05) is 7.11 Å². The Bertz CT molecular complexity index is 417. The number of aliphatic hydroxyl groups is 1. The van der Waals surface area contributed by atoms with Crippen LogP contribution in [0.15, 0.2) is 0 Å². The van der Waals surface area contributed by atoms with Crippen LogP contribution in [-0.4, -0.2) is 22.4 Å². The third-order valence-corrected chi connectivity index (χ3v) is 3.58. The van der Waals surface area contributed by atoms with Crippen molar-refractivity contribution in [3.8, 4) is 17.2 Å². The molecule has 4 nitrogen and oxygen atoms in total. The highest BCUT2D eigenvalue weighted by molar-refractivity contribution is 6.33. The van der Waals surface area contributed by atoms with Gasteiger partial charge in [-0.1, -0.05) is 37.8 Å². The predicted octanol–water partition coefficient (Wildman–Crippen LogP) is 3.68. The molecule has 0 saturated carbocycles. The quantitative estimate of drug-likeness (QED) is 0.698. The fourth-order valence-electron chi connectivity index (χ4n) is 2.10. The van der Waals surface area contributed by atoms with Crippen LogP contribution in [0.3, 0.4) is 0 Å². The summed E-state index contributed by atoms with van der Waals surface area (Å²) in [6.45, 7) is 3.69. The summed E-state index contributed by atoms with van der Waals surface area (Å²) >= 11 is 5.98. The summed E-state index contributed by atoms with van der Waals surface area (Å²) in [4.78, 5) is 0. The number of unbranched alkanes of at least 4 members (excludes halogenated alkanes) is 2.